The third kappa shape index (κ3) is 6.42. The van der Waals surface area contributed by atoms with Crippen LogP contribution in [0.25, 0.3) is 0 Å². The molecule has 7 heteroatoms. The summed E-state index contributed by atoms with van der Waals surface area (Å²) in [4.78, 5) is 21.2. The molecule has 1 fully saturated rings. The van der Waals surface area contributed by atoms with E-state index in [1.807, 2.05) is 47.0 Å². The van der Waals surface area contributed by atoms with Crippen LogP contribution >= 0.6 is 12.6 Å². The minimum atomic E-state index is -0.265. The molecule has 6 nitrogen and oxygen atoms in total. The number of imidazole rings is 1. The second-order valence-electron chi connectivity index (χ2n) is 9.18. The number of carbonyl (C=O) groups excluding carboxylic acids is 1. The molecule has 0 N–H and O–H groups in total. The van der Waals surface area contributed by atoms with E-state index in [4.69, 9.17) is 17.4 Å². The van der Waals surface area contributed by atoms with Crippen molar-refractivity contribution in [2.45, 2.75) is 31.1 Å². The molecule has 3 aromatic rings. The zero-order chi connectivity index (χ0) is 23.9. The van der Waals surface area contributed by atoms with Gasteiger partial charge in [0.2, 0.25) is 0 Å². The van der Waals surface area contributed by atoms with E-state index in [0.717, 1.165) is 56.8 Å². The number of benzene rings is 2. The van der Waals surface area contributed by atoms with Crippen molar-refractivity contribution in [3.63, 3.8) is 0 Å². The van der Waals surface area contributed by atoms with Gasteiger partial charge in [0.05, 0.1) is 5.25 Å². The van der Waals surface area contributed by atoms with Crippen molar-refractivity contribution in [3.05, 3.63) is 83.9 Å². The molecule has 1 amide bonds. The second-order valence-corrected chi connectivity index (χ2v) is 9.69. The molecule has 0 aliphatic carbocycles. The summed E-state index contributed by atoms with van der Waals surface area (Å²) >= 11 is 4.69. The highest BCUT2D eigenvalue weighted by molar-refractivity contribution is 7.80. The maximum atomic E-state index is 12.7. The van der Waals surface area contributed by atoms with Crippen molar-refractivity contribution in [2.24, 2.45) is 13.0 Å². The minimum Gasteiger partial charge on any atom is -0.410 e. The molecule has 0 saturated carbocycles. The Morgan fingerprint density at radius 2 is 1.85 bits per heavy atom. The summed E-state index contributed by atoms with van der Waals surface area (Å²) in [6.07, 6.45) is 6.62. The highest BCUT2D eigenvalue weighted by atomic mass is 32.1. The molecular weight excluding hydrogens is 444 g/mol. The highest BCUT2D eigenvalue weighted by Gasteiger charge is 2.24. The van der Waals surface area contributed by atoms with Crippen LogP contribution in [-0.4, -0.2) is 52.1 Å². The smallest absolute Gasteiger partial charge is 0.410 e. The van der Waals surface area contributed by atoms with Crippen LogP contribution in [0.5, 0.6) is 5.75 Å². The largest absolute Gasteiger partial charge is 0.415 e. The van der Waals surface area contributed by atoms with E-state index in [9.17, 15) is 4.79 Å². The second kappa shape index (κ2) is 11.6. The number of hydrogen-bond donors (Lipinski definition) is 1. The molecule has 0 bridgehead atoms. The van der Waals surface area contributed by atoms with Crippen LogP contribution in [0.15, 0.2) is 67.0 Å². The third-order valence-corrected chi connectivity index (χ3v) is 7.12. The molecule has 1 saturated heterocycles. The van der Waals surface area contributed by atoms with E-state index >= 15 is 0 Å². The number of hydrogen-bond acceptors (Lipinski definition) is 5. The van der Waals surface area contributed by atoms with E-state index in [-0.39, 0.29) is 11.3 Å². The Morgan fingerprint density at radius 3 is 2.50 bits per heavy atom. The summed E-state index contributed by atoms with van der Waals surface area (Å²) < 4.78 is 7.59. The van der Waals surface area contributed by atoms with Crippen molar-refractivity contribution in [3.8, 4) is 5.75 Å². The summed E-state index contributed by atoms with van der Waals surface area (Å²) in [6.45, 7) is 3.55. The molecule has 1 aliphatic heterocycles. The van der Waals surface area contributed by atoms with Gasteiger partial charge in [-0.25, -0.2) is 9.78 Å². The van der Waals surface area contributed by atoms with Gasteiger partial charge in [0.15, 0.2) is 0 Å². The summed E-state index contributed by atoms with van der Waals surface area (Å²) in [7, 11) is 4.13. The molecule has 1 aromatic heterocycles. The number of aromatic nitrogens is 2. The van der Waals surface area contributed by atoms with Crippen LogP contribution in [0.3, 0.4) is 0 Å². The number of piperidine rings is 1. The lowest BCUT2D eigenvalue weighted by molar-refractivity contribution is 0.126. The van der Waals surface area contributed by atoms with Gasteiger partial charge in [-0.1, -0.05) is 42.5 Å². The maximum Gasteiger partial charge on any atom is 0.415 e. The number of rotatable bonds is 8. The van der Waals surface area contributed by atoms with Gasteiger partial charge < -0.3 is 19.1 Å². The van der Waals surface area contributed by atoms with Crippen molar-refractivity contribution in [1.82, 2.24) is 19.4 Å². The van der Waals surface area contributed by atoms with Crippen LogP contribution in [-0.2, 0) is 13.6 Å². The van der Waals surface area contributed by atoms with E-state index < -0.39 is 0 Å². The van der Waals surface area contributed by atoms with Gasteiger partial charge in [-0.15, -0.1) is 0 Å². The Labute approximate surface area is 208 Å². The molecule has 180 valence electrons. The van der Waals surface area contributed by atoms with Gasteiger partial charge in [0.25, 0.3) is 0 Å². The average Bonchev–Trinajstić information content (AvgIpc) is 3.29. The molecule has 1 aliphatic rings. The molecule has 1 unspecified atom stereocenters. The first-order valence-electron chi connectivity index (χ1n) is 11.9. The Hall–Kier alpha value is -2.77. The lowest BCUT2D eigenvalue weighted by atomic mass is 9.93. The number of carbonyl (C=O) groups is 1. The van der Waals surface area contributed by atoms with E-state index in [0.29, 0.717) is 11.7 Å². The Balaban J connectivity index is 1.19. The van der Waals surface area contributed by atoms with E-state index in [1.165, 1.54) is 5.56 Å². The van der Waals surface area contributed by atoms with Crippen LogP contribution in [0.4, 0.5) is 4.79 Å². The van der Waals surface area contributed by atoms with Gasteiger partial charge in [-0.2, -0.15) is 12.6 Å². The molecule has 34 heavy (non-hydrogen) atoms. The third-order valence-electron chi connectivity index (χ3n) is 6.59. The van der Waals surface area contributed by atoms with Crippen molar-refractivity contribution in [1.29, 1.82) is 0 Å². The normalized spacial score (nSPS) is 15.5. The van der Waals surface area contributed by atoms with Gasteiger partial charge in [0.1, 0.15) is 11.6 Å². The summed E-state index contributed by atoms with van der Waals surface area (Å²) in [5.41, 5.74) is 2.35. The van der Waals surface area contributed by atoms with Crippen LogP contribution in [0, 0.1) is 5.92 Å². The molecule has 2 heterocycles. The molecular formula is C27H34N4O2S. The predicted octanol–water partition coefficient (Wildman–Crippen LogP) is 5.17. The summed E-state index contributed by atoms with van der Waals surface area (Å²) in [6, 6.07) is 18.1. The number of ether oxygens (including phenoxy) is 1. The lowest BCUT2D eigenvalue weighted by Crippen LogP contribution is -2.40. The first-order valence-corrected chi connectivity index (χ1v) is 12.5. The van der Waals surface area contributed by atoms with Gasteiger partial charge in [-0.3, -0.25) is 0 Å². The van der Waals surface area contributed by atoms with Crippen LogP contribution in [0.1, 0.15) is 41.5 Å². The van der Waals surface area contributed by atoms with Gasteiger partial charge in [0, 0.05) is 39.1 Å². The molecule has 0 spiro atoms. The fourth-order valence-corrected chi connectivity index (χ4v) is 4.88. The molecule has 0 radical (unpaired) electrons. The van der Waals surface area contributed by atoms with Crippen LogP contribution in [0.2, 0.25) is 0 Å². The standard InChI is InChI=1S/C27H34N4O2S/c1-29(20-22-6-4-3-5-7-22)16-12-21-13-17-31(18-14-21)27(32)33-24-10-8-23(9-11-24)25(34)26-28-15-19-30(26)2/h3-11,15,19,21,25,34H,12-14,16-18,20H2,1-2H3. The number of likely N-dealkylation sites (tertiary alicyclic amines) is 1. The Kier molecular flexibility index (Phi) is 8.29. The Bertz CT molecular complexity index is 1050. The average molecular weight is 479 g/mol. The fourth-order valence-electron chi connectivity index (χ4n) is 4.45. The zero-order valence-electron chi connectivity index (χ0n) is 20.0. The number of nitrogens with zero attached hydrogens (tertiary/aromatic N) is 4. The topological polar surface area (TPSA) is 50.6 Å². The SMILES string of the molecule is CN(CCC1CCN(C(=O)Oc2ccc(C(S)c3nccn3C)cc2)CC1)Cc1ccccc1. The van der Waals surface area contributed by atoms with Crippen molar-refractivity contribution >= 4 is 18.7 Å². The maximum absolute atomic E-state index is 12.7. The van der Waals surface area contributed by atoms with Crippen LogP contribution < -0.4 is 4.74 Å². The summed E-state index contributed by atoms with van der Waals surface area (Å²) in [5, 5.41) is -0.129. The zero-order valence-corrected chi connectivity index (χ0v) is 20.9. The first-order chi connectivity index (χ1) is 16.5. The first kappa shape index (κ1) is 24.4. The van der Waals surface area contributed by atoms with Gasteiger partial charge in [-0.05, 0) is 62.0 Å². The lowest BCUT2D eigenvalue weighted by Gasteiger charge is -2.32. The van der Waals surface area contributed by atoms with E-state index in [2.05, 4.69) is 47.3 Å². The number of amides is 1. The number of thiol groups is 1. The van der Waals surface area contributed by atoms with Crippen molar-refractivity contribution < 1.29 is 9.53 Å². The monoisotopic (exact) mass is 478 g/mol. The molecule has 1 atom stereocenters. The predicted molar refractivity (Wildman–Crippen MR) is 138 cm³/mol. The number of aryl methyl sites for hydroxylation is 1. The minimum absolute atomic E-state index is 0.129. The highest BCUT2D eigenvalue weighted by Crippen LogP contribution is 2.28. The van der Waals surface area contributed by atoms with Crippen molar-refractivity contribution in [2.75, 3.05) is 26.7 Å². The fraction of sp³-hybridized carbons (Fsp3) is 0.407. The quantitative estimate of drug-likeness (QED) is 0.454. The molecule has 2 aromatic carbocycles. The Morgan fingerprint density at radius 1 is 1.15 bits per heavy atom. The summed E-state index contributed by atoms with van der Waals surface area (Å²) in [5.74, 6) is 2.08. The van der Waals surface area contributed by atoms with Gasteiger partial charge >= 0.3 is 6.09 Å². The molecule has 4 rings (SSSR count). The van der Waals surface area contributed by atoms with E-state index in [1.54, 1.807) is 6.20 Å².